The van der Waals surface area contributed by atoms with Crippen molar-refractivity contribution in [1.29, 1.82) is 0 Å². The minimum Gasteiger partial charge on any atom is -0.382 e. The second kappa shape index (κ2) is 7.77. The lowest BCUT2D eigenvalue weighted by Gasteiger charge is -2.23. The molecule has 6 nitrogen and oxygen atoms in total. The quantitative estimate of drug-likeness (QED) is 0.786. The Kier molecular flexibility index (Phi) is 5.48. The molecule has 23 heavy (non-hydrogen) atoms. The largest absolute Gasteiger partial charge is 0.382 e. The van der Waals surface area contributed by atoms with Gasteiger partial charge in [-0.1, -0.05) is 28.9 Å². The second-order valence-corrected chi connectivity index (χ2v) is 6.18. The van der Waals surface area contributed by atoms with Crippen molar-refractivity contribution in [2.24, 2.45) is 5.16 Å². The molecule has 0 saturated carbocycles. The third-order valence-corrected chi connectivity index (χ3v) is 4.37. The van der Waals surface area contributed by atoms with Gasteiger partial charge >= 0.3 is 0 Å². The van der Waals surface area contributed by atoms with Crippen LogP contribution < -0.4 is 10.2 Å². The highest BCUT2D eigenvalue weighted by Gasteiger charge is 2.28. The summed E-state index contributed by atoms with van der Waals surface area (Å²) in [6.07, 6.45) is -0.0573. The first kappa shape index (κ1) is 16.2. The van der Waals surface area contributed by atoms with Gasteiger partial charge in [-0.25, -0.2) is 0 Å². The molecule has 0 unspecified atom stereocenters. The van der Waals surface area contributed by atoms with E-state index in [4.69, 9.17) is 21.2 Å². The molecule has 1 aromatic carbocycles. The number of carbonyl (C=O) groups excluding carboxylic acids is 1. The fourth-order valence-corrected chi connectivity index (χ4v) is 2.84. The number of benzene rings is 1. The van der Waals surface area contributed by atoms with Crippen molar-refractivity contribution >= 4 is 23.2 Å². The zero-order chi connectivity index (χ0) is 16.1. The van der Waals surface area contributed by atoms with Crippen molar-refractivity contribution in [2.45, 2.75) is 12.5 Å². The Morgan fingerprint density at radius 2 is 2.04 bits per heavy atom. The van der Waals surface area contributed by atoms with Gasteiger partial charge in [0.1, 0.15) is 13.1 Å². The standard InChI is InChI=1S/C16H20ClN3O3/c17-13-3-1-12(2-4-13)14-11-15(23-19-14)16(21)18-5-6-20-7-9-22-10-8-20/h1-4,15H,5-11H2,(H,18,21)/p+1/t15-/m0/s1. The Hall–Kier alpha value is -1.63. The molecular formula is C16H21ClN3O3+. The van der Waals surface area contributed by atoms with Gasteiger partial charge in [-0.3, -0.25) is 4.79 Å². The normalized spacial score (nSPS) is 21.6. The van der Waals surface area contributed by atoms with Crippen LogP contribution in [0.1, 0.15) is 12.0 Å². The van der Waals surface area contributed by atoms with Crippen LogP contribution in [0.15, 0.2) is 29.4 Å². The van der Waals surface area contributed by atoms with E-state index < -0.39 is 6.10 Å². The average Bonchev–Trinajstić information content (AvgIpc) is 3.06. The number of hydrogen-bond donors (Lipinski definition) is 2. The molecule has 3 rings (SSSR count). The molecule has 2 N–H and O–H groups in total. The van der Waals surface area contributed by atoms with Crippen LogP contribution in [0, 0.1) is 0 Å². The number of quaternary nitrogens is 1. The molecule has 0 bridgehead atoms. The Bertz CT molecular complexity index is 570. The molecule has 0 radical (unpaired) electrons. The first-order valence-corrected chi connectivity index (χ1v) is 8.28. The summed E-state index contributed by atoms with van der Waals surface area (Å²) in [5, 5.41) is 7.63. The predicted molar refractivity (Wildman–Crippen MR) is 86.9 cm³/mol. The van der Waals surface area contributed by atoms with Gasteiger partial charge in [-0.15, -0.1) is 0 Å². The maximum Gasteiger partial charge on any atom is 0.264 e. The molecule has 0 spiro atoms. The molecule has 7 heteroatoms. The van der Waals surface area contributed by atoms with Gasteiger partial charge < -0.3 is 19.8 Å². The number of amides is 1. The number of ether oxygens (including phenoxy) is 1. The van der Waals surface area contributed by atoms with Crippen molar-refractivity contribution in [3.8, 4) is 0 Å². The third-order valence-electron chi connectivity index (χ3n) is 4.12. The molecule has 2 aliphatic rings. The average molecular weight is 339 g/mol. The van der Waals surface area contributed by atoms with Crippen LogP contribution in [0.5, 0.6) is 0 Å². The fourth-order valence-electron chi connectivity index (χ4n) is 2.72. The van der Waals surface area contributed by atoms with Gasteiger partial charge in [0.05, 0.1) is 32.0 Å². The van der Waals surface area contributed by atoms with E-state index in [0.717, 1.165) is 44.1 Å². The highest BCUT2D eigenvalue weighted by Crippen LogP contribution is 2.18. The van der Waals surface area contributed by atoms with Crippen LogP contribution in [0.2, 0.25) is 5.02 Å². The van der Waals surface area contributed by atoms with Crippen LogP contribution in [0.4, 0.5) is 0 Å². The molecule has 1 fully saturated rings. The highest BCUT2D eigenvalue weighted by molar-refractivity contribution is 6.30. The van der Waals surface area contributed by atoms with Gasteiger partial charge in [-0.2, -0.15) is 0 Å². The SMILES string of the molecule is O=C(NCC[NH+]1CCOCC1)[C@@H]1CC(c2ccc(Cl)cc2)=NO1. The molecule has 2 heterocycles. The van der Waals surface area contributed by atoms with E-state index in [1.54, 1.807) is 12.1 Å². The van der Waals surface area contributed by atoms with E-state index in [-0.39, 0.29) is 5.91 Å². The summed E-state index contributed by atoms with van der Waals surface area (Å²) in [5.74, 6) is -0.106. The van der Waals surface area contributed by atoms with E-state index in [0.29, 0.717) is 18.0 Å². The first-order valence-electron chi connectivity index (χ1n) is 7.90. The molecule has 2 aliphatic heterocycles. The lowest BCUT2D eigenvalue weighted by molar-refractivity contribution is -0.906. The second-order valence-electron chi connectivity index (χ2n) is 5.75. The number of carbonyl (C=O) groups is 1. The summed E-state index contributed by atoms with van der Waals surface area (Å²) in [6, 6.07) is 7.37. The zero-order valence-electron chi connectivity index (χ0n) is 12.9. The van der Waals surface area contributed by atoms with Gasteiger partial charge in [-0.05, 0) is 17.7 Å². The van der Waals surface area contributed by atoms with Crippen molar-refractivity contribution in [3.63, 3.8) is 0 Å². The molecule has 1 aromatic rings. The van der Waals surface area contributed by atoms with Gasteiger partial charge in [0, 0.05) is 11.4 Å². The summed E-state index contributed by atoms with van der Waals surface area (Å²) >= 11 is 5.87. The number of morpholine rings is 1. The third kappa shape index (κ3) is 4.43. The van der Waals surface area contributed by atoms with E-state index >= 15 is 0 Å². The zero-order valence-corrected chi connectivity index (χ0v) is 13.6. The molecule has 1 amide bonds. The van der Waals surface area contributed by atoms with Crippen molar-refractivity contribution in [2.75, 3.05) is 39.4 Å². The maximum absolute atomic E-state index is 12.2. The summed E-state index contributed by atoms with van der Waals surface area (Å²) in [4.78, 5) is 18.9. The lowest BCUT2D eigenvalue weighted by Crippen LogP contribution is -3.14. The Morgan fingerprint density at radius 3 is 2.78 bits per heavy atom. The minimum absolute atomic E-state index is 0.106. The fraction of sp³-hybridized carbons (Fsp3) is 0.500. The van der Waals surface area contributed by atoms with E-state index in [1.165, 1.54) is 4.90 Å². The monoisotopic (exact) mass is 338 g/mol. The predicted octanol–water partition coefficient (Wildman–Crippen LogP) is -0.136. The topological polar surface area (TPSA) is 64.4 Å². The van der Waals surface area contributed by atoms with Crippen LogP contribution >= 0.6 is 11.6 Å². The van der Waals surface area contributed by atoms with Crippen LogP contribution in [0.25, 0.3) is 0 Å². The number of hydrogen-bond acceptors (Lipinski definition) is 4. The van der Waals surface area contributed by atoms with E-state index in [2.05, 4.69) is 10.5 Å². The first-order chi connectivity index (χ1) is 11.2. The highest BCUT2D eigenvalue weighted by atomic mass is 35.5. The lowest BCUT2D eigenvalue weighted by atomic mass is 10.0. The number of halogens is 1. The van der Waals surface area contributed by atoms with Crippen LogP contribution in [-0.2, 0) is 14.4 Å². The summed E-state index contributed by atoms with van der Waals surface area (Å²) in [7, 11) is 0. The number of oxime groups is 1. The number of nitrogens with zero attached hydrogens (tertiary/aromatic N) is 1. The van der Waals surface area contributed by atoms with Crippen LogP contribution in [0.3, 0.4) is 0 Å². The molecule has 0 aromatic heterocycles. The number of rotatable bonds is 5. The summed E-state index contributed by atoms with van der Waals surface area (Å²) in [6.45, 7) is 5.15. The van der Waals surface area contributed by atoms with Gasteiger partial charge in [0.25, 0.3) is 5.91 Å². The Balaban J connectivity index is 1.42. The summed E-state index contributed by atoms with van der Waals surface area (Å²) < 4.78 is 5.32. The van der Waals surface area contributed by atoms with E-state index in [9.17, 15) is 4.79 Å². The van der Waals surface area contributed by atoms with Crippen molar-refractivity contribution < 1.29 is 19.3 Å². The maximum atomic E-state index is 12.2. The van der Waals surface area contributed by atoms with Crippen LogP contribution in [-0.4, -0.2) is 57.1 Å². The minimum atomic E-state index is -0.541. The molecule has 124 valence electrons. The molecule has 1 atom stereocenters. The van der Waals surface area contributed by atoms with Gasteiger partial charge in [0.2, 0.25) is 6.10 Å². The van der Waals surface area contributed by atoms with Crippen molar-refractivity contribution in [1.82, 2.24) is 5.32 Å². The summed E-state index contributed by atoms with van der Waals surface area (Å²) in [5.41, 5.74) is 1.71. The Labute approximate surface area is 140 Å². The Morgan fingerprint density at radius 1 is 1.30 bits per heavy atom. The molecule has 1 saturated heterocycles. The molecule has 0 aliphatic carbocycles. The molecular weight excluding hydrogens is 318 g/mol. The van der Waals surface area contributed by atoms with Gasteiger partial charge in [0.15, 0.2) is 0 Å². The van der Waals surface area contributed by atoms with Crippen molar-refractivity contribution in [3.05, 3.63) is 34.9 Å². The smallest absolute Gasteiger partial charge is 0.264 e. The number of nitrogens with one attached hydrogen (secondary N) is 2. The van der Waals surface area contributed by atoms with E-state index in [1.807, 2.05) is 12.1 Å².